The second kappa shape index (κ2) is 80.2. The van der Waals surface area contributed by atoms with Crippen LogP contribution in [-0.4, -0.2) is 123 Å². The third kappa shape index (κ3) is 70.1. The van der Waals surface area contributed by atoms with Crippen LogP contribution in [0.25, 0.3) is 0 Å². The Morgan fingerprint density at radius 1 is 0.255 bits per heavy atom. The number of amides is 2. The lowest BCUT2D eigenvalue weighted by Crippen LogP contribution is -2.61. The Morgan fingerprint density at radius 3 is 0.651 bits per heavy atom. The van der Waals surface area contributed by atoms with E-state index in [2.05, 4.69) is 96.7 Å². The van der Waals surface area contributed by atoms with Crippen LogP contribution in [0.1, 0.15) is 426 Å². The molecule has 2 N–H and O–H groups in total. The molecule has 0 bridgehead atoms. The Bertz CT molecular complexity index is 1870. The molecule has 0 saturated carbocycles. The molecule has 1 fully saturated rings. The number of hydrogen-bond donors (Lipinski definition) is 2. The lowest BCUT2D eigenvalue weighted by atomic mass is 10.0. The van der Waals surface area contributed by atoms with E-state index >= 15 is 0 Å². The van der Waals surface area contributed by atoms with Crippen LogP contribution in [0.3, 0.4) is 0 Å². The Labute approximate surface area is 652 Å². The van der Waals surface area contributed by atoms with E-state index in [1.807, 2.05) is 0 Å². The molecule has 0 aromatic rings. The Balaban J connectivity index is 2.66. The zero-order valence-electron chi connectivity index (χ0n) is 69.7. The SMILES string of the molecule is CCCCCCCC/C=C\CCCCCCCC(=O)OCCN(CCCCC1NC(=O)C(CCCCN(CCOC(=O)CCCCCCC/C=C\CCCCCCCC)CCOC(=O)CCCCCCC/C=C\CCCCCCCC)NC1=O)CCOC(=O)CCCCCCC/C=C\CCCCCCCC. The van der Waals surface area contributed by atoms with Crippen molar-refractivity contribution >= 4 is 35.7 Å². The van der Waals surface area contributed by atoms with Crippen LogP contribution in [0.15, 0.2) is 48.6 Å². The van der Waals surface area contributed by atoms with E-state index in [0.717, 1.165) is 116 Å². The molecular weight excluding hydrogens is 1320 g/mol. The largest absolute Gasteiger partial charge is 0.464 e. The first kappa shape index (κ1) is 99.7. The number of hydrogen-bond acceptors (Lipinski definition) is 12. The van der Waals surface area contributed by atoms with E-state index in [1.165, 1.54) is 231 Å². The molecule has 1 aliphatic heterocycles. The summed E-state index contributed by atoms with van der Waals surface area (Å²) in [5.74, 6) is -1.05. The molecule has 0 aromatic heterocycles. The van der Waals surface area contributed by atoms with E-state index in [4.69, 9.17) is 18.9 Å². The van der Waals surface area contributed by atoms with Crippen LogP contribution in [0.5, 0.6) is 0 Å². The summed E-state index contributed by atoms with van der Waals surface area (Å²) in [7, 11) is 0. The zero-order valence-corrected chi connectivity index (χ0v) is 69.7. The number of carbonyl (C=O) groups is 6. The summed E-state index contributed by atoms with van der Waals surface area (Å²) < 4.78 is 22.9. The lowest BCUT2D eigenvalue weighted by Gasteiger charge is -2.30. The van der Waals surface area contributed by atoms with Gasteiger partial charge in [0, 0.05) is 51.9 Å². The number of carbonyl (C=O) groups excluding carboxylic acids is 6. The molecule has 0 spiro atoms. The van der Waals surface area contributed by atoms with Crippen molar-refractivity contribution in [2.75, 3.05) is 65.7 Å². The zero-order chi connectivity index (χ0) is 76.6. The number of allylic oxidation sites excluding steroid dienone is 8. The van der Waals surface area contributed by atoms with Crippen molar-refractivity contribution in [3.8, 4) is 0 Å². The molecule has 2 atom stereocenters. The van der Waals surface area contributed by atoms with Gasteiger partial charge >= 0.3 is 23.9 Å². The monoisotopic (exact) mass is 1490 g/mol. The molecule has 106 heavy (non-hydrogen) atoms. The van der Waals surface area contributed by atoms with Gasteiger partial charge in [0.05, 0.1) is 0 Å². The summed E-state index contributed by atoms with van der Waals surface area (Å²) >= 11 is 0. The summed E-state index contributed by atoms with van der Waals surface area (Å²) in [5.41, 5.74) is 0. The van der Waals surface area contributed by atoms with E-state index < -0.39 is 12.1 Å². The molecule has 616 valence electrons. The number of rotatable bonds is 82. The molecule has 1 heterocycles. The highest BCUT2D eigenvalue weighted by atomic mass is 16.5. The predicted octanol–water partition coefficient (Wildman–Crippen LogP) is 24.2. The highest BCUT2D eigenvalue weighted by Gasteiger charge is 2.33. The summed E-state index contributed by atoms with van der Waals surface area (Å²) in [6, 6.07) is -1.25. The Morgan fingerprint density at radius 2 is 0.443 bits per heavy atom. The highest BCUT2D eigenvalue weighted by molar-refractivity contribution is 5.96. The van der Waals surface area contributed by atoms with Crippen molar-refractivity contribution < 1.29 is 47.7 Å². The average Bonchev–Trinajstić information content (AvgIpc) is 0.850. The Kier molecular flexibility index (Phi) is 75.5. The lowest BCUT2D eigenvalue weighted by molar-refractivity contribution is -0.146. The molecular formula is C92H168N4O10. The summed E-state index contributed by atoms with van der Waals surface area (Å²) in [6.45, 7) is 13.5. The molecule has 1 aliphatic rings. The predicted molar refractivity (Wildman–Crippen MR) is 446 cm³/mol. The smallest absolute Gasteiger partial charge is 0.305 e. The van der Waals surface area contributed by atoms with Gasteiger partial charge < -0.3 is 29.6 Å². The fourth-order valence-corrected chi connectivity index (χ4v) is 13.9. The maximum atomic E-state index is 13.5. The van der Waals surface area contributed by atoms with E-state index in [1.54, 1.807) is 0 Å². The molecule has 1 rings (SSSR count). The average molecular weight is 1490 g/mol. The number of nitrogens with zero attached hydrogens (tertiary/aromatic N) is 2. The van der Waals surface area contributed by atoms with Gasteiger partial charge in [-0.1, -0.05) is 282 Å². The molecule has 0 aliphatic carbocycles. The first-order chi connectivity index (χ1) is 52.1. The topological polar surface area (TPSA) is 170 Å². The van der Waals surface area contributed by atoms with Crippen LogP contribution in [-0.2, 0) is 47.7 Å². The third-order valence-corrected chi connectivity index (χ3v) is 21.0. The van der Waals surface area contributed by atoms with Crippen molar-refractivity contribution in [3.05, 3.63) is 48.6 Å². The number of ether oxygens (including phenoxy) is 4. The van der Waals surface area contributed by atoms with Gasteiger partial charge in [-0.2, -0.15) is 0 Å². The number of unbranched alkanes of at least 4 members (excludes halogenated alkanes) is 46. The molecule has 0 aromatic carbocycles. The van der Waals surface area contributed by atoms with Crippen molar-refractivity contribution in [3.63, 3.8) is 0 Å². The minimum atomic E-state index is -0.623. The van der Waals surface area contributed by atoms with Crippen molar-refractivity contribution in [1.82, 2.24) is 20.4 Å². The standard InChI is InChI=1S/C92H168N4O10/c1-5-9-13-17-21-25-29-33-37-41-45-49-53-57-61-71-87(97)103-81-77-95(78-82-104-88(98)72-62-58-54-50-46-42-38-34-30-26-22-18-14-10-6-2)75-67-65-69-85-91(101)94-86(92(102)93-85)70-66-68-76-96(79-83-105-89(99)73-63-59-55-51-47-43-39-35-31-27-23-19-15-11-7-3)80-84-106-90(100)74-64-60-56-52-48-44-40-36-32-28-24-20-16-12-8-4/h33-40,85-86H,5-32,41-84H2,1-4H3,(H,93,102)(H,94,101)/b37-33-,38-34-,39-35-,40-36-. The molecule has 14 nitrogen and oxygen atoms in total. The van der Waals surface area contributed by atoms with Gasteiger partial charge in [-0.3, -0.25) is 38.6 Å². The van der Waals surface area contributed by atoms with Crippen molar-refractivity contribution in [2.24, 2.45) is 0 Å². The van der Waals surface area contributed by atoms with Crippen LogP contribution in [0.4, 0.5) is 0 Å². The van der Waals surface area contributed by atoms with Gasteiger partial charge in [-0.15, -0.1) is 0 Å². The first-order valence-electron chi connectivity index (χ1n) is 45.4. The summed E-state index contributed by atoms with van der Waals surface area (Å²) in [6.07, 6.45) is 87.0. The van der Waals surface area contributed by atoms with Gasteiger partial charge in [0.1, 0.15) is 38.5 Å². The Hall–Kier alpha value is -4.30. The quantitative estimate of drug-likeness (QED) is 0.0256. The van der Waals surface area contributed by atoms with Gasteiger partial charge in [0.2, 0.25) is 11.8 Å². The molecule has 14 heteroatoms. The van der Waals surface area contributed by atoms with Gasteiger partial charge in [0.15, 0.2) is 0 Å². The molecule has 0 radical (unpaired) electrons. The van der Waals surface area contributed by atoms with E-state index in [-0.39, 0.29) is 62.1 Å². The summed E-state index contributed by atoms with van der Waals surface area (Å²) in [5, 5.41) is 6.02. The molecule has 2 unspecified atom stereocenters. The first-order valence-corrected chi connectivity index (χ1v) is 45.4. The van der Waals surface area contributed by atoms with Crippen molar-refractivity contribution in [1.29, 1.82) is 0 Å². The van der Waals surface area contributed by atoms with Gasteiger partial charge in [0.25, 0.3) is 0 Å². The molecule has 2 amide bonds. The van der Waals surface area contributed by atoms with E-state index in [9.17, 15) is 28.8 Å². The second-order valence-electron chi connectivity index (χ2n) is 31.0. The van der Waals surface area contributed by atoms with Gasteiger partial charge in [-0.25, -0.2) is 0 Å². The van der Waals surface area contributed by atoms with Gasteiger partial charge in [-0.05, 0) is 180 Å². The van der Waals surface area contributed by atoms with Crippen LogP contribution in [0, 0.1) is 0 Å². The van der Waals surface area contributed by atoms with Crippen molar-refractivity contribution in [2.45, 2.75) is 438 Å². The van der Waals surface area contributed by atoms with E-state index in [0.29, 0.717) is 90.6 Å². The number of piperazine rings is 1. The van der Waals surface area contributed by atoms with Crippen LogP contribution in [0.2, 0.25) is 0 Å². The van der Waals surface area contributed by atoms with Crippen LogP contribution < -0.4 is 10.6 Å². The number of nitrogens with one attached hydrogen (secondary N) is 2. The second-order valence-corrected chi connectivity index (χ2v) is 31.0. The number of esters is 4. The minimum absolute atomic E-state index is 0.174. The summed E-state index contributed by atoms with van der Waals surface area (Å²) in [4.78, 5) is 82.6. The molecule has 1 saturated heterocycles. The fraction of sp³-hybridized carbons (Fsp3) is 0.848. The highest BCUT2D eigenvalue weighted by Crippen LogP contribution is 2.18. The van der Waals surface area contributed by atoms with Crippen LogP contribution >= 0.6 is 0 Å². The third-order valence-electron chi connectivity index (χ3n) is 21.0. The minimum Gasteiger partial charge on any atom is -0.464 e. The fourth-order valence-electron chi connectivity index (χ4n) is 13.9. The normalized spacial score (nSPS) is 14.1. The maximum absolute atomic E-state index is 13.5. The maximum Gasteiger partial charge on any atom is 0.305 e.